The topological polar surface area (TPSA) is 80.5 Å². The van der Waals surface area contributed by atoms with Crippen LogP contribution in [0.15, 0.2) is 64.0 Å². The standard InChI is InChI=1S/C22H22N2O4S/c25-22(14-20-19-8-4-5-9-21(19)28-23-20)24-15-10-11-16(24)13-18(12-15)29(26,27)17-6-2-1-3-7-17/h1-9,15-16,18H,10-14H2. The monoisotopic (exact) mass is 410 g/mol. The van der Waals surface area contributed by atoms with E-state index in [1.807, 2.05) is 35.2 Å². The number of hydrogen-bond acceptors (Lipinski definition) is 5. The normalized spacial score (nSPS) is 24.1. The predicted molar refractivity (Wildman–Crippen MR) is 108 cm³/mol. The highest BCUT2D eigenvalue weighted by atomic mass is 32.2. The summed E-state index contributed by atoms with van der Waals surface area (Å²) in [6.07, 6.45) is 2.89. The lowest BCUT2D eigenvalue weighted by Gasteiger charge is -2.38. The van der Waals surface area contributed by atoms with Crippen LogP contribution < -0.4 is 0 Å². The van der Waals surface area contributed by atoms with E-state index in [0.29, 0.717) is 29.0 Å². The van der Waals surface area contributed by atoms with Crippen LogP contribution in [0.4, 0.5) is 0 Å². The van der Waals surface area contributed by atoms with Crippen molar-refractivity contribution < 1.29 is 17.7 Å². The van der Waals surface area contributed by atoms with Crippen molar-refractivity contribution in [2.75, 3.05) is 0 Å². The molecule has 0 saturated carbocycles. The molecule has 2 atom stereocenters. The van der Waals surface area contributed by atoms with E-state index in [1.54, 1.807) is 24.3 Å². The third-order valence-electron chi connectivity index (χ3n) is 6.26. The van der Waals surface area contributed by atoms with Crippen molar-refractivity contribution in [1.82, 2.24) is 10.1 Å². The minimum atomic E-state index is -3.38. The number of carbonyl (C=O) groups is 1. The number of hydrogen-bond donors (Lipinski definition) is 0. The van der Waals surface area contributed by atoms with Crippen LogP contribution >= 0.6 is 0 Å². The molecule has 3 aromatic rings. The van der Waals surface area contributed by atoms with E-state index in [0.717, 1.165) is 18.2 Å². The van der Waals surface area contributed by atoms with Gasteiger partial charge in [0, 0.05) is 17.5 Å². The highest BCUT2D eigenvalue weighted by Crippen LogP contribution is 2.40. The molecule has 2 aliphatic heterocycles. The number of aromatic nitrogens is 1. The smallest absolute Gasteiger partial charge is 0.229 e. The summed E-state index contributed by atoms with van der Waals surface area (Å²) < 4.78 is 31.4. The second-order valence-electron chi connectivity index (χ2n) is 7.94. The average molecular weight is 410 g/mol. The first-order valence-electron chi connectivity index (χ1n) is 9.97. The van der Waals surface area contributed by atoms with Crippen molar-refractivity contribution >= 4 is 26.7 Å². The molecular weight excluding hydrogens is 388 g/mol. The lowest BCUT2D eigenvalue weighted by Crippen LogP contribution is -2.50. The molecular formula is C22H22N2O4S. The molecule has 7 heteroatoms. The fourth-order valence-corrected chi connectivity index (χ4v) is 6.76. The van der Waals surface area contributed by atoms with Crippen LogP contribution in [0.25, 0.3) is 11.0 Å². The van der Waals surface area contributed by atoms with Crippen molar-refractivity contribution in [3.63, 3.8) is 0 Å². The van der Waals surface area contributed by atoms with Gasteiger partial charge >= 0.3 is 0 Å². The Morgan fingerprint density at radius 3 is 2.38 bits per heavy atom. The SMILES string of the molecule is O=C(Cc1noc2ccccc12)N1C2CCC1CC(S(=O)(=O)c1ccccc1)C2. The zero-order valence-electron chi connectivity index (χ0n) is 15.9. The fraction of sp³-hybridized carbons (Fsp3) is 0.364. The number of piperidine rings is 1. The van der Waals surface area contributed by atoms with Crippen LogP contribution in [0.3, 0.4) is 0 Å². The van der Waals surface area contributed by atoms with Crippen LogP contribution in [-0.4, -0.2) is 41.7 Å². The second-order valence-corrected chi connectivity index (χ2v) is 10.2. The molecule has 6 nitrogen and oxygen atoms in total. The minimum absolute atomic E-state index is 0.00659. The predicted octanol–water partition coefficient (Wildman–Crippen LogP) is 3.37. The summed E-state index contributed by atoms with van der Waals surface area (Å²) in [5.41, 5.74) is 1.31. The Bertz CT molecular complexity index is 1140. The first-order chi connectivity index (χ1) is 14.0. The highest BCUT2D eigenvalue weighted by Gasteiger charge is 2.47. The van der Waals surface area contributed by atoms with Gasteiger partial charge in [0.25, 0.3) is 0 Å². The molecule has 1 aromatic heterocycles. The van der Waals surface area contributed by atoms with E-state index in [-0.39, 0.29) is 24.4 Å². The van der Waals surface area contributed by atoms with Crippen molar-refractivity contribution in [2.45, 2.75) is 54.3 Å². The van der Waals surface area contributed by atoms with Gasteiger partial charge in [-0.05, 0) is 49.9 Å². The van der Waals surface area contributed by atoms with Gasteiger partial charge < -0.3 is 9.42 Å². The molecule has 2 saturated heterocycles. The fourth-order valence-electron chi connectivity index (χ4n) is 4.89. The molecule has 5 rings (SSSR count). The Balaban J connectivity index is 1.35. The van der Waals surface area contributed by atoms with E-state index in [9.17, 15) is 13.2 Å². The van der Waals surface area contributed by atoms with Gasteiger partial charge in [0.05, 0.1) is 16.6 Å². The number of fused-ring (bicyclic) bond motifs is 3. The molecule has 150 valence electrons. The number of nitrogens with zero attached hydrogens (tertiary/aromatic N) is 2. The summed E-state index contributed by atoms with van der Waals surface area (Å²) in [4.78, 5) is 15.4. The number of benzene rings is 2. The lowest BCUT2D eigenvalue weighted by molar-refractivity contribution is -0.134. The molecule has 2 bridgehead atoms. The Kier molecular flexibility index (Phi) is 4.42. The summed E-state index contributed by atoms with van der Waals surface area (Å²) in [5.74, 6) is 0.00659. The van der Waals surface area contributed by atoms with Gasteiger partial charge in [0.2, 0.25) is 5.91 Å². The molecule has 2 fully saturated rings. The van der Waals surface area contributed by atoms with Gasteiger partial charge in [-0.2, -0.15) is 0 Å². The van der Waals surface area contributed by atoms with Gasteiger partial charge in [-0.3, -0.25) is 4.79 Å². The molecule has 1 amide bonds. The molecule has 2 aliphatic rings. The van der Waals surface area contributed by atoms with Crippen LogP contribution in [0.5, 0.6) is 0 Å². The number of carbonyl (C=O) groups excluding carboxylic acids is 1. The molecule has 2 aromatic carbocycles. The van der Waals surface area contributed by atoms with Crippen molar-refractivity contribution in [2.24, 2.45) is 0 Å². The van der Waals surface area contributed by atoms with E-state index in [1.165, 1.54) is 0 Å². The van der Waals surface area contributed by atoms with Crippen LogP contribution in [0, 0.1) is 0 Å². The summed E-state index contributed by atoms with van der Waals surface area (Å²) in [6, 6.07) is 16.1. The summed E-state index contributed by atoms with van der Waals surface area (Å²) in [6.45, 7) is 0. The maximum Gasteiger partial charge on any atom is 0.229 e. The number of para-hydroxylation sites is 1. The molecule has 3 heterocycles. The molecule has 0 spiro atoms. The van der Waals surface area contributed by atoms with Crippen molar-refractivity contribution in [3.05, 3.63) is 60.3 Å². The van der Waals surface area contributed by atoms with E-state index in [4.69, 9.17) is 4.52 Å². The van der Waals surface area contributed by atoms with E-state index in [2.05, 4.69) is 5.16 Å². The summed E-state index contributed by atoms with van der Waals surface area (Å²) in [7, 11) is -3.38. The number of sulfone groups is 1. The first-order valence-corrected chi connectivity index (χ1v) is 11.5. The zero-order valence-corrected chi connectivity index (χ0v) is 16.7. The largest absolute Gasteiger partial charge is 0.356 e. The lowest BCUT2D eigenvalue weighted by atomic mass is 10.0. The van der Waals surface area contributed by atoms with Crippen LogP contribution in [-0.2, 0) is 21.1 Å². The average Bonchev–Trinajstić information content (AvgIpc) is 3.26. The second kappa shape index (κ2) is 6.99. The Morgan fingerprint density at radius 1 is 1.00 bits per heavy atom. The van der Waals surface area contributed by atoms with Gasteiger partial charge in [-0.15, -0.1) is 0 Å². The molecule has 0 radical (unpaired) electrons. The first kappa shape index (κ1) is 18.4. The summed E-state index contributed by atoms with van der Waals surface area (Å²) in [5, 5.41) is 4.50. The van der Waals surface area contributed by atoms with Crippen molar-refractivity contribution in [1.29, 1.82) is 0 Å². The minimum Gasteiger partial charge on any atom is -0.356 e. The zero-order chi connectivity index (χ0) is 20.0. The Hall–Kier alpha value is -2.67. The van der Waals surface area contributed by atoms with Crippen LogP contribution in [0.2, 0.25) is 0 Å². The third-order valence-corrected chi connectivity index (χ3v) is 8.45. The molecule has 29 heavy (non-hydrogen) atoms. The third kappa shape index (κ3) is 3.13. The Morgan fingerprint density at radius 2 is 1.66 bits per heavy atom. The van der Waals surface area contributed by atoms with Crippen LogP contribution in [0.1, 0.15) is 31.4 Å². The summed E-state index contributed by atoms with van der Waals surface area (Å²) >= 11 is 0. The van der Waals surface area contributed by atoms with Gasteiger partial charge in [0.15, 0.2) is 15.4 Å². The quantitative estimate of drug-likeness (QED) is 0.659. The molecule has 0 N–H and O–H groups in total. The van der Waals surface area contributed by atoms with Gasteiger partial charge in [-0.1, -0.05) is 35.5 Å². The van der Waals surface area contributed by atoms with Gasteiger partial charge in [-0.25, -0.2) is 8.42 Å². The number of rotatable bonds is 4. The molecule has 2 unspecified atom stereocenters. The maximum atomic E-state index is 13.1. The van der Waals surface area contributed by atoms with E-state index >= 15 is 0 Å². The van der Waals surface area contributed by atoms with Crippen molar-refractivity contribution in [3.8, 4) is 0 Å². The van der Waals surface area contributed by atoms with E-state index < -0.39 is 15.1 Å². The highest BCUT2D eigenvalue weighted by molar-refractivity contribution is 7.92. The number of amides is 1. The molecule has 0 aliphatic carbocycles. The Labute approximate surface area is 169 Å². The van der Waals surface area contributed by atoms with Gasteiger partial charge in [0.1, 0.15) is 5.69 Å². The maximum absolute atomic E-state index is 13.1.